The molecule has 10 nitrogen and oxygen atoms in total. The smallest absolute Gasteiger partial charge is 0.235 e. The van der Waals surface area contributed by atoms with Crippen LogP contribution < -0.4 is 24.4 Å². The highest BCUT2D eigenvalue weighted by Gasteiger charge is 2.67. The van der Waals surface area contributed by atoms with Crippen LogP contribution in [-0.4, -0.2) is 56.6 Å². The Balaban J connectivity index is 1.43. The number of carbonyl (C=O) groups excluding carboxylic acids is 2. The highest BCUT2D eigenvalue weighted by molar-refractivity contribution is 6.05. The van der Waals surface area contributed by atoms with Gasteiger partial charge in [-0.25, -0.2) is 0 Å². The molecule has 168 valence electrons. The van der Waals surface area contributed by atoms with Crippen LogP contribution in [0.1, 0.15) is 5.76 Å². The van der Waals surface area contributed by atoms with Gasteiger partial charge in [0.15, 0.2) is 17.3 Å². The molecule has 1 spiro atoms. The fraction of sp³-hybridized carbons (Fsp3) is 0.409. The number of ether oxygens (including phenoxy) is 4. The first-order valence-electron chi connectivity index (χ1n) is 10.1. The van der Waals surface area contributed by atoms with Crippen LogP contribution in [-0.2, 0) is 14.3 Å². The molecule has 32 heavy (non-hydrogen) atoms. The minimum atomic E-state index is -0.855. The van der Waals surface area contributed by atoms with Crippen molar-refractivity contribution in [2.45, 2.75) is 18.6 Å². The standard InChI is InChI=1S/C22H23N3O7/c1-11-7-16(24-32-11)25-10-22-6-5-13(31-22)17(18(22)21(25)27)20(26)23-12-8-14(28-2)19(30-4)15(9-12)29-3/h5-9,13,17-18H,10H2,1-4H3,(H,23,26)/t13-,17+,18+,22-/m1/s1. The molecular formula is C22H23N3O7. The van der Waals surface area contributed by atoms with Crippen molar-refractivity contribution in [3.8, 4) is 17.2 Å². The third-order valence-electron chi connectivity index (χ3n) is 6.23. The number of aryl methyl sites for hydroxylation is 1. The average molecular weight is 441 g/mol. The molecule has 0 radical (unpaired) electrons. The summed E-state index contributed by atoms with van der Waals surface area (Å²) in [7, 11) is 4.50. The number of nitrogens with zero attached hydrogens (tertiary/aromatic N) is 2. The fourth-order valence-electron chi connectivity index (χ4n) is 4.85. The van der Waals surface area contributed by atoms with E-state index >= 15 is 0 Å². The Morgan fingerprint density at radius 1 is 1.19 bits per heavy atom. The van der Waals surface area contributed by atoms with Crippen LogP contribution in [0.2, 0.25) is 0 Å². The first kappa shape index (κ1) is 20.4. The fourth-order valence-corrected chi connectivity index (χ4v) is 4.85. The summed E-state index contributed by atoms with van der Waals surface area (Å²) in [5, 5.41) is 6.84. The maximum Gasteiger partial charge on any atom is 0.235 e. The molecule has 10 heteroatoms. The topological polar surface area (TPSA) is 112 Å². The molecule has 4 heterocycles. The largest absolute Gasteiger partial charge is 0.493 e. The van der Waals surface area contributed by atoms with Gasteiger partial charge in [0.2, 0.25) is 17.6 Å². The summed E-state index contributed by atoms with van der Waals surface area (Å²) >= 11 is 0. The van der Waals surface area contributed by atoms with E-state index in [1.54, 1.807) is 25.1 Å². The number of benzene rings is 1. The van der Waals surface area contributed by atoms with Crippen molar-refractivity contribution in [3.05, 3.63) is 36.1 Å². The zero-order valence-electron chi connectivity index (χ0n) is 18.1. The Hall–Kier alpha value is -3.53. The monoisotopic (exact) mass is 441 g/mol. The molecular weight excluding hydrogens is 418 g/mol. The average Bonchev–Trinajstić information content (AvgIpc) is 3.53. The number of aromatic nitrogens is 1. The van der Waals surface area contributed by atoms with Gasteiger partial charge in [0.25, 0.3) is 0 Å². The maximum atomic E-state index is 13.3. The number of methoxy groups -OCH3 is 3. The van der Waals surface area contributed by atoms with Crippen molar-refractivity contribution in [3.63, 3.8) is 0 Å². The van der Waals surface area contributed by atoms with Gasteiger partial charge in [0.05, 0.1) is 45.8 Å². The molecule has 2 aromatic rings. The van der Waals surface area contributed by atoms with E-state index in [0.29, 0.717) is 34.5 Å². The number of carbonyl (C=O) groups is 2. The van der Waals surface area contributed by atoms with E-state index in [1.165, 1.54) is 26.2 Å². The summed E-state index contributed by atoms with van der Waals surface area (Å²) in [6.45, 7) is 2.04. The summed E-state index contributed by atoms with van der Waals surface area (Å²) in [6, 6.07) is 4.97. The second-order valence-corrected chi connectivity index (χ2v) is 8.02. The number of rotatable bonds is 6. The van der Waals surface area contributed by atoms with Crippen LogP contribution in [0.25, 0.3) is 0 Å². The van der Waals surface area contributed by atoms with Gasteiger partial charge in [-0.15, -0.1) is 0 Å². The van der Waals surface area contributed by atoms with Gasteiger partial charge in [-0.05, 0) is 6.92 Å². The molecule has 1 aromatic heterocycles. The van der Waals surface area contributed by atoms with Crippen molar-refractivity contribution in [1.29, 1.82) is 0 Å². The van der Waals surface area contributed by atoms with Crippen molar-refractivity contribution in [2.24, 2.45) is 11.8 Å². The lowest BCUT2D eigenvalue weighted by Crippen LogP contribution is -2.41. The van der Waals surface area contributed by atoms with Gasteiger partial charge in [0, 0.05) is 23.9 Å². The Kier molecular flexibility index (Phi) is 4.63. The summed E-state index contributed by atoms with van der Waals surface area (Å²) in [5.74, 6) is 0.366. The molecule has 1 N–H and O–H groups in total. The molecule has 3 aliphatic rings. The Morgan fingerprint density at radius 2 is 1.91 bits per heavy atom. The predicted molar refractivity (Wildman–Crippen MR) is 112 cm³/mol. The maximum absolute atomic E-state index is 13.3. The van der Waals surface area contributed by atoms with Crippen molar-refractivity contribution in [2.75, 3.05) is 38.1 Å². The Bertz CT molecular complexity index is 1100. The van der Waals surface area contributed by atoms with Crippen molar-refractivity contribution in [1.82, 2.24) is 5.16 Å². The lowest BCUT2D eigenvalue weighted by Gasteiger charge is -2.23. The van der Waals surface area contributed by atoms with E-state index in [9.17, 15) is 9.59 Å². The van der Waals surface area contributed by atoms with E-state index < -0.39 is 23.5 Å². The highest BCUT2D eigenvalue weighted by atomic mass is 16.5. The van der Waals surface area contributed by atoms with Gasteiger partial charge in [0.1, 0.15) is 11.4 Å². The minimum absolute atomic E-state index is 0.213. The number of hydrogen-bond donors (Lipinski definition) is 1. The van der Waals surface area contributed by atoms with Crippen LogP contribution in [0, 0.1) is 18.8 Å². The molecule has 0 aliphatic carbocycles. The summed E-state index contributed by atoms with van der Waals surface area (Å²) in [5.41, 5.74) is -0.397. The van der Waals surface area contributed by atoms with E-state index in [-0.39, 0.29) is 18.4 Å². The molecule has 2 saturated heterocycles. The van der Waals surface area contributed by atoms with Crippen LogP contribution in [0.3, 0.4) is 0 Å². The van der Waals surface area contributed by atoms with Crippen LogP contribution in [0.4, 0.5) is 11.5 Å². The Labute approximate surface area is 184 Å². The quantitative estimate of drug-likeness (QED) is 0.677. The van der Waals surface area contributed by atoms with Crippen LogP contribution in [0.15, 0.2) is 34.9 Å². The molecule has 5 rings (SSSR count). The van der Waals surface area contributed by atoms with Gasteiger partial charge in [-0.1, -0.05) is 17.3 Å². The molecule has 4 atom stereocenters. The predicted octanol–water partition coefficient (Wildman–Crippen LogP) is 1.93. The number of anilines is 2. The van der Waals surface area contributed by atoms with Gasteiger partial charge in [-0.3, -0.25) is 14.5 Å². The van der Waals surface area contributed by atoms with E-state index in [1.807, 2.05) is 12.2 Å². The molecule has 2 bridgehead atoms. The van der Waals surface area contributed by atoms with E-state index in [2.05, 4.69) is 10.5 Å². The first-order valence-corrected chi connectivity index (χ1v) is 10.1. The third kappa shape index (κ3) is 2.86. The lowest BCUT2D eigenvalue weighted by atomic mass is 9.77. The molecule has 2 fully saturated rings. The number of fused-ring (bicyclic) bond motifs is 1. The van der Waals surface area contributed by atoms with Crippen molar-refractivity contribution >= 4 is 23.3 Å². The molecule has 0 unspecified atom stereocenters. The molecule has 0 saturated carbocycles. The van der Waals surface area contributed by atoms with Gasteiger partial charge in [-0.2, -0.15) is 0 Å². The van der Waals surface area contributed by atoms with Gasteiger partial charge < -0.3 is 28.8 Å². The molecule has 1 aromatic carbocycles. The molecule has 2 amide bonds. The van der Waals surface area contributed by atoms with Crippen molar-refractivity contribution < 1.29 is 33.1 Å². The summed E-state index contributed by atoms with van der Waals surface area (Å²) in [6.07, 6.45) is 3.25. The zero-order valence-corrected chi connectivity index (χ0v) is 18.1. The Morgan fingerprint density at radius 3 is 2.50 bits per heavy atom. The lowest BCUT2D eigenvalue weighted by molar-refractivity contribution is -0.128. The number of nitrogens with one attached hydrogen (secondary N) is 1. The second kappa shape index (κ2) is 7.27. The number of amides is 2. The molecule has 3 aliphatic heterocycles. The second-order valence-electron chi connectivity index (χ2n) is 8.02. The summed E-state index contributed by atoms with van der Waals surface area (Å²) < 4.78 is 27.3. The number of hydrogen-bond acceptors (Lipinski definition) is 8. The van der Waals surface area contributed by atoms with E-state index in [4.69, 9.17) is 23.5 Å². The van der Waals surface area contributed by atoms with Gasteiger partial charge >= 0.3 is 0 Å². The van der Waals surface area contributed by atoms with Crippen LogP contribution in [0.5, 0.6) is 17.2 Å². The normalized spacial score (nSPS) is 27.6. The summed E-state index contributed by atoms with van der Waals surface area (Å²) in [4.78, 5) is 28.2. The third-order valence-corrected chi connectivity index (χ3v) is 6.23. The van der Waals surface area contributed by atoms with E-state index in [0.717, 1.165) is 0 Å². The zero-order chi connectivity index (χ0) is 22.6. The minimum Gasteiger partial charge on any atom is -0.493 e. The van der Waals surface area contributed by atoms with Crippen LogP contribution >= 0.6 is 0 Å². The highest BCUT2D eigenvalue weighted by Crippen LogP contribution is 2.53. The first-order chi connectivity index (χ1) is 15.4. The SMILES string of the molecule is COc1cc(NC(=O)[C@@H]2[C@H]3C(=O)N(c4cc(C)on4)C[C@]34C=C[C@H]2O4)cc(OC)c1OC.